The summed E-state index contributed by atoms with van der Waals surface area (Å²) in [5.41, 5.74) is 5.45. The topological polar surface area (TPSA) is 131 Å². The van der Waals surface area contributed by atoms with E-state index in [1.54, 1.807) is 55.5 Å². The molecule has 2 aromatic heterocycles. The first-order valence-corrected chi connectivity index (χ1v) is 22.8. The third kappa shape index (κ3) is 6.47. The Kier molecular flexibility index (Phi) is 10.2. The Morgan fingerprint density at radius 3 is 2.29 bits per heavy atom. The number of amides is 4. The van der Waals surface area contributed by atoms with Crippen LogP contribution in [0.1, 0.15) is 59.1 Å². The lowest BCUT2D eigenvalue weighted by Gasteiger charge is -2.49. The molecule has 1 saturated carbocycles. The predicted octanol–water partition coefficient (Wildman–Crippen LogP) is 10.2. The molecule has 330 valence electrons. The van der Waals surface area contributed by atoms with Crippen molar-refractivity contribution in [3.05, 3.63) is 129 Å². The van der Waals surface area contributed by atoms with Gasteiger partial charge < -0.3 is 14.6 Å². The van der Waals surface area contributed by atoms with E-state index in [1.807, 2.05) is 107 Å². The maximum Gasteiger partial charge on any atom is 0.242 e. The van der Waals surface area contributed by atoms with Gasteiger partial charge in [-0.1, -0.05) is 59.7 Å². The third-order valence-corrected chi connectivity index (χ3v) is 15.9. The highest BCUT2D eigenvalue weighted by atomic mass is 35.5. The summed E-state index contributed by atoms with van der Waals surface area (Å²) in [6.07, 6.45) is 6.41. The Morgan fingerprint density at radius 1 is 0.846 bits per heavy atom. The van der Waals surface area contributed by atoms with Crippen LogP contribution in [0, 0.1) is 49.9 Å². The predicted molar refractivity (Wildman–Crippen MR) is 253 cm³/mol. The molecule has 4 amide bonds. The number of nitrogens with zero attached hydrogens (tertiary/aromatic N) is 4. The second kappa shape index (κ2) is 15.6. The molecule has 1 N–H and O–H groups in total. The number of phenols is 1. The number of aryl methyl sites for hydroxylation is 4. The van der Waals surface area contributed by atoms with Gasteiger partial charge >= 0.3 is 0 Å². The van der Waals surface area contributed by atoms with Gasteiger partial charge in [0, 0.05) is 34.3 Å². The average molecular weight is 907 g/mol. The number of carbonyl (C=O) groups excluding carboxylic acids is 4. The molecule has 3 fully saturated rings. The lowest BCUT2D eigenvalue weighted by molar-refractivity contribution is -0.131. The summed E-state index contributed by atoms with van der Waals surface area (Å²) in [4.78, 5) is 63.2. The highest BCUT2D eigenvalue weighted by Gasteiger charge is 2.68. The van der Waals surface area contributed by atoms with Gasteiger partial charge in [0.15, 0.2) is 0 Å². The molecule has 4 aromatic carbocycles. The largest absolute Gasteiger partial charge is 0.507 e. The molecule has 2 aliphatic carbocycles. The number of phenolic OH excluding ortho intramolecular Hbond substituents is 1. The third-order valence-electron chi connectivity index (χ3n) is 14.4. The van der Waals surface area contributed by atoms with Gasteiger partial charge in [-0.25, -0.2) is 4.90 Å². The monoisotopic (exact) mass is 906 g/mol. The second-order valence-electron chi connectivity index (χ2n) is 17.9. The minimum Gasteiger partial charge on any atom is -0.507 e. The highest BCUT2D eigenvalue weighted by molar-refractivity contribution is 7.22. The first kappa shape index (κ1) is 42.5. The van der Waals surface area contributed by atoms with E-state index in [2.05, 4.69) is 0 Å². The zero-order valence-electron chi connectivity index (χ0n) is 37.0. The van der Waals surface area contributed by atoms with Crippen molar-refractivity contribution in [1.82, 2.24) is 9.78 Å². The molecule has 10 rings (SSSR count). The molecule has 6 aromatic rings. The van der Waals surface area contributed by atoms with E-state index in [1.165, 1.54) is 9.80 Å². The van der Waals surface area contributed by atoms with Crippen LogP contribution in [-0.4, -0.2) is 52.7 Å². The Labute approximate surface area is 385 Å². The van der Waals surface area contributed by atoms with Crippen molar-refractivity contribution >= 4 is 80.3 Å². The number of aromatic nitrogens is 2. The van der Waals surface area contributed by atoms with E-state index in [-0.39, 0.29) is 35.8 Å². The smallest absolute Gasteiger partial charge is 0.242 e. The molecule has 4 aliphatic rings. The molecule has 0 bridgehead atoms. The zero-order chi connectivity index (χ0) is 45.8. The van der Waals surface area contributed by atoms with Crippen LogP contribution in [0.5, 0.6) is 17.2 Å². The first-order valence-electron chi connectivity index (χ1n) is 21.6. The van der Waals surface area contributed by atoms with Crippen molar-refractivity contribution in [2.75, 3.05) is 24.0 Å². The molecule has 2 aliphatic heterocycles. The number of hydrogen-bond acceptors (Lipinski definition) is 9. The lowest BCUT2D eigenvalue weighted by atomic mass is 9.51. The Balaban J connectivity index is 1.00. The number of benzene rings is 4. The Bertz CT molecular complexity index is 3070. The number of hydrogen-bond donors (Lipinski definition) is 1. The van der Waals surface area contributed by atoms with Crippen LogP contribution in [0.4, 0.5) is 11.5 Å². The lowest BCUT2D eigenvalue weighted by Crippen LogP contribution is -2.49. The van der Waals surface area contributed by atoms with Gasteiger partial charge in [-0.05, 0) is 128 Å². The fraction of sp³-hybridized carbons (Fsp3) is 0.288. The van der Waals surface area contributed by atoms with Crippen LogP contribution in [0.3, 0.4) is 0 Å². The number of fused-ring (bicyclic) bond motifs is 5. The molecule has 13 heteroatoms. The first-order chi connectivity index (χ1) is 31.1. The van der Waals surface area contributed by atoms with Crippen LogP contribution >= 0.6 is 22.9 Å². The normalized spacial score (nSPS) is 23.9. The molecule has 0 spiro atoms. The summed E-state index contributed by atoms with van der Waals surface area (Å²) >= 11 is 7.93. The Hall–Kier alpha value is -6.50. The number of rotatable bonds is 8. The number of methoxy groups -OCH3 is 2. The van der Waals surface area contributed by atoms with Crippen molar-refractivity contribution in [1.29, 1.82) is 0 Å². The number of thiophene rings is 1. The molecule has 65 heavy (non-hydrogen) atoms. The van der Waals surface area contributed by atoms with Crippen molar-refractivity contribution in [2.45, 2.75) is 46.5 Å². The minimum absolute atomic E-state index is 0.158. The molecule has 2 saturated heterocycles. The summed E-state index contributed by atoms with van der Waals surface area (Å²) in [5, 5.41) is 17.4. The number of halogens is 1. The number of aromatic hydroxyl groups is 1. The zero-order valence-corrected chi connectivity index (χ0v) is 38.6. The summed E-state index contributed by atoms with van der Waals surface area (Å²) in [6.45, 7) is 7.52. The van der Waals surface area contributed by atoms with Crippen molar-refractivity contribution in [2.24, 2.45) is 36.1 Å². The van der Waals surface area contributed by atoms with Gasteiger partial charge in [0.05, 0.1) is 48.0 Å². The van der Waals surface area contributed by atoms with Gasteiger partial charge in [0.2, 0.25) is 23.6 Å². The van der Waals surface area contributed by atoms with Crippen molar-refractivity contribution < 1.29 is 33.8 Å². The fourth-order valence-electron chi connectivity index (χ4n) is 11.1. The molecular weight excluding hydrogens is 860 g/mol. The molecule has 0 radical (unpaired) electrons. The summed E-state index contributed by atoms with van der Waals surface area (Å²) in [7, 11) is 4.95. The van der Waals surface area contributed by atoms with Gasteiger partial charge in [0.25, 0.3) is 0 Å². The van der Waals surface area contributed by atoms with Crippen LogP contribution < -0.4 is 19.3 Å². The summed E-state index contributed by atoms with van der Waals surface area (Å²) in [5.74, 6) is -2.74. The average Bonchev–Trinajstić information content (AvgIpc) is 3.97. The van der Waals surface area contributed by atoms with Crippen LogP contribution in [0.25, 0.3) is 32.8 Å². The minimum atomic E-state index is -1.26. The second-order valence-corrected chi connectivity index (χ2v) is 19.4. The highest BCUT2D eigenvalue weighted by Crippen LogP contribution is 2.64. The van der Waals surface area contributed by atoms with E-state index in [0.29, 0.717) is 51.3 Å². The van der Waals surface area contributed by atoms with Crippen molar-refractivity contribution in [3.63, 3.8) is 0 Å². The van der Waals surface area contributed by atoms with E-state index >= 15 is 9.59 Å². The molecule has 6 atom stereocenters. The van der Waals surface area contributed by atoms with E-state index in [9.17, 15) is 14.7 Å². The van der Waals surface area contributed by atoms with Crippen LogP contribution in [-0.2, 0) is 26.2 Å². The van der Waals surface area contributed by atoms with E-state index < -0.39 is 35.0 Å². The molecular formula is C52H47ClN4O7S. The number of allylic oxidation sites excluding steroid dienone is 2. The number of carbonyl (C=O) groups is 4. The molecule has 11 nitrogen and oxygen atoms in total. The maximum atomic E-state index is 15.3. The van der Waals surface area contributed by atoms with Crippen molar-refractivity contribution in [3.8, 4) is 27.8 Å². The van der Waals surface area contributed by atoms with Gasteiger partial charge in [-0.2, -0.15) is 5.10 Å². The van der Waals surface area contributed by atoms with Gasteiger partial charge in [-0.15, -0.1) is 11.3 Å². The summed E-state index contributed by atoms with van der Waals surface area (Å²) in [6, 6.07) is 24.2. The summed E-state index contributed by atoms with van der Waals surface area (Å²) < 4.78 is 13.6. The number of imide groups is 2. The van der Waals surface area contributed by atoms with Crippen LogP contribution in [0.15, 0.2) is 90.5 Å². The quantitative estimate of drug-likeness (QED) is 0.0908. The molecule has 4 heterocycles. The SMILES string of the molecule is COc1ccc(OC)c(C=Cc2ccc(N3C(=O)C4CC=C5C(CC6C(=O)N(c7cc(-c8sc9ccc(Cl)cc9c8C)nn7C)C(=O)C6(C)C5c5cc(C)c(O)c(C)c5)C4C3=O)cc2)c1. The van der Waals surface area contributed by atoms with Gasteiger partial charge in [0.1, 0.15) is 28.8 Å². The fourth-order valence-corrected chi connectivity index (χ4v) is 12.4. The molecule has 6 unspecified atom stereocenters. The standard InChI is InChI=1S/C52H47ClN4O7S/c1-26-20-31(21-27(2)46(26)58)45-35-16-17-36-44(50(61)56(48(36)59)33-13-9-29(10-14-33)8-11-30-22-34(63-6)15-18-41(30)64-7)38(35)24-39-49(60)57(51(62)52(39,45)4)43-25-40(54-55(43)5)47-28(3)37-23-32(53)12-19-42(37)65-47/h8-16,18-23,25,36,38-39,44-45,58H,17,24H2,1-7H3. The maximum absolute atomic E-state index is 15.3. The Morgan fingerprint density at radius 2 is 1.58 bits per heavy atom. The van der Waals surface area contributed by atoms with E-state index in [4.69, 9.17) is 26.2 Å². The van der Waals surface area contributed by atoms with Gasteiger partial charge in [-0.3, -0.25) is 28.8 Å². The number of anilines is 2. The van der Waals surface area contributed by atoms with Crippen LogP contribution in [0.2, 0.25) is 5.02 Å². The van der Waals surface area contributed by atoms with E-state index in [0.717, 1.165) is 42.8 Å². The number of ether oxygens (including phenoxy) is 2.